The first-order chi connectivity index (χ1) is 7.67. The summed E-state index contributed by atoms with van der Waals surface area (Å²) in [6.45, 7) is 0.295. The molecular formula is C11H9Cl2NO2. The molecule has 0 saturated heterocycles. The van der Waals surface area contributed by atoms with Gasteiger partial charge in [-0.25, -0.2) is 0 Å². The van der Waals surface area contributed by atoms with Crippen LogP contribution in [0.3, 0.4) is 0 Å². The van der Waals surface area contributed by atoms with E-state index in [4.69, 9.17) is 28.3 Å². The number of rotatable bonds is 3. The maximum absolute atomic E-state index is 10.9. The number of aromatic nitrogens is 1. The van der Waals surface area contributed by atoms with Crippen LogP contribution < -0.4 is 0 Å². The standard InChI is InChI=1S/C11H9Cl2NO2/c12-7-3-10(13)9-5-8(6-16)14(1-2-15)11(9)4-7/h3-6,15H,1-2H2. The zero-order valence-corrected chi connectivity index (χ0v) is 9.79. The number of carbonyl (C=O) groups excluding carboxylic acids is 1. The van der Waals surface area contributed by atoms with Crippen LogP contribution in [0.2, 0.25) is 10.0 Å². The molecule has 1 N–H and O–H groups in total. The number of benzene rings is 1. The van der Waals surface area contributed by atoms with Gasteiger partial charge in [0, 0.05) is 17.0 Å². The van der Waals surface area contributed by atoms with Crippen LogP contribution in [0.1, 0.15) is 10.5 Å². The first-order valence-electron chi connectivity index (χ1n) is 4.71. The van der Waals surface area contributed by atoms with Crippen LogP contribution in [-0.2, 0) is 6.54 Å². The highest BCUT2D eigenvalue weighted by molar-refractivity contribution is 6.38. The molecule has 0 radical (unpaired) electrons. The average Bonchev–Trinajstić information content (AvgIpc) is 2.58. The summed E-state index contributed by atoms with van der Waals surface area (Å²) in [6, 6.07) is 5.05. The van der Waals surface area contributed by atoms with Gasteiger partial charge in [-0.3, -0.25) is 4.79 Å². The average molecular weight is 258 g/mol. The van der Waals surface area contributed by atoms with Crippen molar-refractivity contribution >= 4 is 40.4 Å². The Kier molecular flexibility index (Phi) is 3.19. The number of nitrogens with zero attached hydrogens (tertiary/aromatic N) is 1. The number of aliphatic hydroxyl groups is 1. The molecule has 0 fully saturated rings. The summed E-state index contributed by atoms with van der Waals surface area (Å²) >= 11 is 11.9. The van der Waals surface area contributed by atoms with Crippen LogP contribution >= 0.6 is 23.2 Å². The van der Waals surface area contributed by atoms with Crippen LogP contribution in [0.25, 0.3) is 10.9 Å². The topological polar surface area (TPSA) is 42.2 Å². The summed E-state index contributed by atoms with van der Waals surface area (Å²) in [4.78, 5) is 10.9. The molecule has 84 valence electrons. The molecule has 0 aliphatic carbocycles. The number of fused-ring (bicyclic) bond motifs is 1. The van der Waals surface area contributed by atoms with Crippen LogP contribution in [-0.4, -0.2) is 22.6 Å². The second kappa shape index (κ2) is 4.45. The van der Waals surface area contributed by atoms with Gasteiger partial charge < -0.3 is 9.67 Å². The highest BCUT2D eigenvalue weighted by atomic mass is 35.5. The predicted molar refractivity (Wildman–Crippen MR) is 64.4 cm³/mol. The zero-order chi connectivity index (χ0) is 11.7. The van der Waals surface area contributed by atoms with Crippen molar-refractivity contribution in [3.05, 3.63) is 33.9 Å². The maximum Gasteiger partial charge on any atom is 0.166 e. The third-order valence-electron chi connectivity index (χ3n) is 2.41. The molecule has 2 rings (SSSR count). The molecule has 0 amide bonds. The smallest absolute Gasteiger partial charge is 0.166 e. The summed E-state index contributed by atoms with van der Waals surface area (Å²) < 4.78 is 1.69. The zero-order valence-electron chi connectivity index (χ0n) is 8.28. The molecular weight excluding hydrogens is 249 g/mol. The van der Waals surface area contributed by atoms with Gasteiger partial charge >= 0.3 is 0 Å². The Morgan fingerprint density at radius 1 is 1.31 bits per heavy atom. The Morgan fingerprint density at radius 3 is 2.69 bits per heavy atom. The number of hydrogen-bond acceptors (Lipinski definition) is 2. The molecule has 16 heavy (non-hydrogen) atoms. The Hall–Kier alpha value is -1.03. The van der Waals surface area contributed by atoms with Crippen molar-refractivity contribution in [1.29, 1.82) is 0 Å². The Labute approximate surface area is 102 Å². The Balaban J connectivity index is 2.78. The van der Waals surface area contributed by atoms with Crippen LogP contribution in [0.4, 0.5) is 0 Å². The van der Waals surface area contributed by atoms with Crippen molar-refractivity contribution in [2.45, 2.75) is 6.54 Å². The molecule has 0 saturated carbocycles. The van der Waals surface area contributed by atoms with E-state index in [1.165, 1.54) is 0 Å². The molecule has 0 aliphatic heterocycles. The van der Waals surface area contributed by atoms with E-state index in [0.29, 0.717) is 22.3 Å². The lowest BCUT2D eigenvalue weighted by Crippen LogP contribution is -2.05. The van der Waals surface area contributed by atoms with Gasteiger partial charge in [-0.15, -0.1) is 0 Å². The molecule has 0 bridgehead atoms. The molecule has 1 aromatic heterocycles. The molecule has 5 heteroatoms. The lowest BCUT2D eigenvalue weighted by Gasteiger charge is -2.05. The molecule has 0 spiro atoms. The highest BCUT2D eigenvalue weighted by Crippen LogP contribution is 2.30. The fraction of sp³-hybridized carbons (Fsp3) is 0.182. The van der Waals surface area contributed by atoms with Crippen molar-refractivity contribution in [2.75, 3.05) is 6.61 Å². The van der Waals surface area contributed by atoms with Crippen molar-refractivity contribution in [3.63, 3.8) is 0 Å². The van der Waals surface area contributed by atoms with E-state index in [1.807, 2.05) is 0 Å². The second-order valence-electron chi connectivity index (χ2n) is 3.38. The molecule has 0 atom stereocenters. The van der Waals surface area contributed by atoms with Crippen LogP contribution in [0.5, 0.6) is 0 Å². The van der Waals surface area contributed by atoms with E-state index in [9.17, 15) is 4.79 Å². The van der Waals surface area contributed by atoms with E-state index >= 15 is 0 Å². The second-order valence-corrected chi connectivity index (χ2v) is 4.23. The first kappa shape index (κ1) is 11.5. The molecule has 1 aromatic carbocycles. The lowest BCUT2D eigenvalue weighted by molar-refractivity contribution is 0.111. The molecule has 1 heterocycles. The normalized spacial score (nSPS) is 10.9. The van der Waals surface area contributed by atoms with Gasteiger partial charge in [-0.1, -0.05) is 23.2 Å². The first-order valence-corrected chi connectivity index (χ1v) is 5.47. The third kappa shape index (κ3) is 1.82. The number of halogens is 2. The molecule has 0 unspecified atom stereocenters. The van der Waals surface area contributed by atoms with Crippen molar-refractivity contribution < 1.29 is 9.90 Å². The summed E-state index contributed by atoms with van der Waals surface area (Å²) in [5.74, 6) is 0. The minimum absolute atomic E-state index is 0.0469. The minimum Gasteiger partial charge on any atom is -0.395 e. The number of hydrogen-bond donors (Lipinski definition) is 1. The largest absolute Gasteiger partial charge is 0.395 e. The monoisotopic (exact) mass is 257 g/mol. The van der Waals surface area contributed by atoms with E-state index in [-0.39, 0.29) is 6.61 Å². The molecule has 3 nitrogen and oxygen atoms in total. The van der Waals surface area contributed by atoms with Crippen LogP contribution in [0, 0.1) is 0 Å². The summed E-state index contributed by atoms with van der Waals surface area (Å²) in [7, 11) is 0. The number of aldehydes is 1. The van der Waals surface area contributed by atoms with Gasteiger partial charge in [0.15, 0.2) is 6.29 Å². The third-order valence-corrected chi connectivity index (χ3v) is 2.94. The van der Waals surface area contributed by atoms with E-state index in [2.05, 4.69) is 0 Å². The highest BCUT2D eigenvalue weighted by Gasteiger charge is 2.11. The van der Waals surface area contributed by atoms with Gasteiger partial charge in [-0.2, -0.15) is 0 Å². The summed E-state index contributed by atoms with van der Waals surface area (Å²) in [5.41, 5.74) is 1.24. The lowest BCUT2D eigenvalue weighted by atomic mass is 10.2. The van der Waals surface area contributed by atoms with Gasteiger partial charge in [0.25, 0.3) is 0 Å². The van der Waals surface area contributed by atoms with E-state index in [0.717, 1.165) is 17.2 Å². The minimum atomic E-state index is -0.0469. The molecule has 0 aliphatic rings. The molecule has 2 aromatic rings. The Bertz CT molecular complexity index is 548. The van der Waals surface area contributed by atoms with Gasteiger partial charge in [0.2, 0.25) is 0 Å². The summed E-state index contributed by atoms with van der Waals surface area (Å²) in [5, 5.41) is 10.7. The van der Waals surface area contributed by atoms with E-state index < -0.39 is 0 Å². The predicted octanol–water partition coefficient (Wildman–Crippen LogP) is 2.75. The van der Waals surface area contributed by atoms with Crippen molar-refractivity contribution in [1.82, 2.24) is 4.57 Å². The fourth-order valence-electron chi connectivity index (χ4n) is 1.75. The quantitative estimate of drug-likeness (QED) is 0.860. The number of aliphatic hydroxyl groups excluding tert-OH is 1. The van der Waals surface area contributed by atoms with Crippen LogP contribution in [0.15, 0.2) is 18.2 Å². The van der Waals surface area contributed by atoms with Crippen molar-refractivity contribution in [2.24, 2.45) is 0 Å². The SMILES string of the molecule is O=Cc1cc2c(Cl)cc(Cl)cc2n1CCO. The fourth-order valence-corrected chi connectivity index (χ4v) is 2.29. The Morgan fingerprint density at radius 2 is 2.06 bits per heavy atom. The summed E-state index contributed by atoms with van der Waals surface area (Å²) in [6.07, 6.45) is 0.736. The van der Waals surface area contributed by atoms with Crippen molar-refractivity contribution in [3.8, 4) is 0 Å². The van der Waals surface area contributed by atoms with Gasteiger partial charge in [0.1, 0.15) is 0 Å². The van der Waals surface area contributed by atoms with E-state index in [1.54, 1.807) is 22.8 Å². The van der Waals surface area contributed by atoms with Gasteiger partial charge in [0.05, 0.1) is 22.8 Å². The number of carbonyl (C=O) groups is 1. The van der Waals surface area contributed by atoms with Gasteiger partial charge in [-0.05, 0) is 18.2 Å². The maximum atomic E-state index is 10.9.